The van der Waals surface area contributed by atoms with Crippen molar-refractivity contribution >= 4 is 5.91 Å². The van der Waals surface area contributed by atoms with Crippen molar-refractivity contribution in [1.82, 2.24) is 10.6 Å². The van der Waals surface area contributed by atoms with E-state index in [2.05, 4.69) is 17.6 Å². The molecular weight excluding hydrogens is 204 g/mol. The monoisotopic (exact) mass is 226 g/mol. The van der Waals surface area contributed by atoms with Gasteiger partial charge < -0.3 is 15.4 Å². The van der Waals surface area contributed by atoms with Crippen molar-refractivity contribution in [2.45, 2.75) is 38.8 Å². The molecule has 0 aromatic rings. The van der Waals surface area contributed by atoms with Gasteiger partial charge in [0, 0.05) is 12.6 Å². The topological polar surface area (TPSA) is 50.4 Å². The van der Waals surface area contributed by atoms with Crippen LogP contribution in [0.5, 0.6) is 0 Å². The van der Waals surface area contributed by atoms with E-state index in [1.165, 1.54) is 0 Å². The Morgan fingerprint density at radius 1 is 1.38 bits per heavy atom. The standard InChI is InChI=1S/C12H22N2O2/c1-8-7-13-5-3-11(8)14-12(15)10-4-6-16-9(10)2/h8-11,13H,3-7H2,1-2H3,(H,14,15). The second-order valence-corrected chi connectivity index (χ2v) is 5.06. The number of piperidine rings is 1. The number of carbonyl (C=O) groups is 1. The van der Waals surface area contributed by atoms with Crippen molar-refractivity contribution in [3.8, 4) is 0 Å². The smallest absolute Gasteiger partial charge is 0.226 e. The zero-order valence-electron chi connectivity index (χ0n) is 10.2. The van der Waals surface area contributed by atoms with Gasteiger partial charge in [-0.2, -0.15) is 0 Å². The van der Waals surface area contributed by atoms with E-state index in [9.17, 15) is 4.79 Å². The molecular formula is C12H22N2O2. The largest absolute Gasteiger partial charge is 0.378 e. The van der Waals surface area contributed by atoms with Gasteiger partial charge in [0.2, 0.25) is 5.91 Å². The predicted molar refractivity (Wildman–Crippen MR) is 62.1 cm³/mol. The summed E-state index contributed by atoms with van der Waals surface area (Å²) in [4.78, 5) is 12.1. The fourth-order valence-corrected chi connectivity index (χ4v) is 2.59. The fourth-order valence-electron chi connectivity index (χ4n) is 2.59. The summed E-state index contributed by atoms with van der Waals surface area (Å²) in [7, 11) is 0. The molecule has 0 saturated carbocycles. The van der Waals surface area contributed by atoms with E-state index >= 15 is 0 Å². The van der Waals surface area contributed by atoms with E-state index in [0.717, 1.165) is 32.5 Å². The highest BCUT2D eigenvalue weighted by atomic mass is 16.5. The Bertz CT molecular complexity index is 257. The zero-order valence-corrected chi connectivity index (χ0v) is 10.2. The van der Waals surface area contributed by atoms with Crippen molar-refractivity contribution in [2.24, 2.45) is 11.8 Å². The first-order valence-corrected chi connectivity index (χ1v) is 6.31. The molecule has 92 valence electrons. The minimum Gasteiger partial charge on any atom is -0.378 e. The van der Waals surface area contributed by atoms with Crippen molar-refractivity contribution in [3.05, 3.63) is 0 Å². The lowest BCUT2D eigenvalue weighted by Crippen LogP contribution is -2.50. The quantitative estimate of drug-likeness (QED) is 0.722. The van der Waals surface area contributed by atoms with Gasteiger partial charge in [0.15, 0.2) is 0 Å². The van der Waals surface area contributed by atoms with Gasteiger partial charge in [0.1, 0.15) is 0 Å². The van der Waals surface area contributed by atoms with E-state index in [4.69, 9.17) is 4.74 Å². The van der Waals surface area contributed by atoms with Gasteiger partial charge in [-0.05, 0) is 38.8 Å². The number of ether oxygens (including phenoxy) is 1. The van der Waals surface area contributed by atoms with Gasteiger partial charge >= 0.3 is 0 Å². The van der Waals surface area contributed by atoms with Gasteiger partial charge in [-0.1, -0.05) is 6.92 Å². The number of nitrogens with one attached hydrogen (secondary N) is 2. The van der Waals surface area contributed by atoms with Gasteiger partial charge in [-0.3, -0.25) is 4.79 Å². The summed E-state index contributed by atoms with van der Waals surface area (Å²) in [5, 5.41) is 6.52. The molecule has 0 spiro atoms. The Balaban J connectivity index is 1.86. The molecule has 0 radical (unpaired) electrons. The Morgan fingerprint density at radius 3 is 2.81 bits per heavy atom. The van der Waals surface area contributed by atoms with Crippen molar-refractivity contribution in [3.63, 3.8) is 0 Å². The van der Waals surface area contributed by atoms with Crippen LogP contribution < -0.4 is 10.6 Å². The van der Waals surface area contributed by atoms with E-state index in [0.29, 0.717) is 12.0 Å². The molecule has 1 amide bonds. The molecule has 2 rings (SSSR count). The Kier molecular flexibility index (Phi) is 3.82. The number of carbonyl (C=O) groups excluding carboxylic acids is 1. The summed E-state index contributed by atoms with van der Waals surface area (Å²) >= 11 is 0. The van der Waals surface area contributed by atoms with Crippen LogP contribution in [0.4, 0.5) is 0 Å². The average Bonchev–Trinajstić information content (AvgIpc) is 2.68. The van der Waals surface area contributed by atoms with Gasteiger partial charge in [-0.25, -0.2) is 0 Å². The minimum absolute atomic E-state index is 0.0575. The summed E-state index contributed by atoms with van der Waals surface area (Å²) in [5.74, 6) is 0.765. The molecule has 4 atom stereocenters. The Labute approximate surface area is 97.1 Å². The molecule has 2 N–H and O–H groups in total. The zero-order chi connectivity index (χ0) is 11.5. The van der Waals surface area contributed by atoms with Crippen LogP contribution in [0.1, 0.15) is 26.7 Å². The maximum atomic E-state index is 12.1. The third-order valence-electron chi connectivity index (χ3n) is 3.83. The highest BCUT2D eigenvalue weighted by Crippen LogP contribution is 2.21. The molecule has 2 saturated heterocycles. The van der Waals surface area contributed by atoms with Crippen molar-refractivity contribution in [1.29, 1.82) is 0 Å². The first-order valence-electron chi connectivity index (χ1n) is 6.31. The van der Waals surface area contributed by atoms with Gasteiger partial charge in [0.25, 0.3) is 0 Å². The summed E-state index contributed by atoms with van der Waals surface area (Å²) < 4.78 is 5.43. The molecule has 0 aromatic heterocycles. The van der Waals surface area contributed by atoms with Gasteiger partial charge in [-0.15, -0.1) is 0 Å². The molecule has 16 heavy (non-hydrogen) atoms. The van der Waals surface area contributed by atoms with E-state index in [1.54, 1.807) is 0 Å². The summed E-state index contributed by atoms with van der Waals surface area (Å²) in [5.41, 5.74) is 0. The normalized spacial score (nSPS) is 39.6. The number of hydrogen-bond donors (Lipinski definition) is 2. The maximum absolute atomic E-state index is 12.1. The lowest BCUT2D eigenvalue weighted by Gasteiger charge is -2.31. The molecule has 0 bridgehead atoms. The molecule has 4 heteroatoms. The highest BCUT2D eigenvalue weighted by Gasteiger charge is 2.33. The third-order valence-corrected chi connectivity index (χ3v) is 3.83. The molecule has 0 aliphatic carbocycles. The van der Waals surface area contributed by atoms with Crippen molar-refractivity contribution < 1.29 is 9.53 Å². The fraction of sp³-hybridized carbons (Fsp3) is 0.917. The van der Waals surface area contributed by atoms with Gasteiger partial charge in [0.05, 0.1) is 12.0 Å². The first kappa shape index (κ1) is 11.9. The summed E-state index contributed by atoms with van der Waals surface area (Å²) in [6, 6.07) is 0.335. The SMILES string of the molecule is CC1CNCCC1NC(=O)C1CCOC1C. The number of amides is 1. The van der Waals surface area contributed by atoms with Crippen LogP contribution in [-0.4, -0.2) is 37.7 Å². The van der Waals surface area contributed by atoms with Crippen LogP contribution >= 0.6 is 0 Å². The van der Waals surface area contributed by atoms with E-state index in [-0.39, 0.29) is 17.9 Å². The molecule has 4 unspecified atom stereocenters. The lowest BCUT2D eigenvalue weighted by atomic mass is 9.93. The molecule has 2 aliphatic heterocycles. The summed E-state index contributed by atoms with van der Waals surface area (Å²) in [6.45, 7) is 6.91. The first-order chi connectivity index (χ1) is 7.68. The maximum Gasteiger partial charge on any atom is 0.226 e. The van der Waals surface area contributed by atoms with Crippen LogP contribution in [-0.2, 0) is 9.53 Å². The molecule has 0 aromatic carbocycles. The minimum atomic E-state index is 0.0575. The molecule has 2 fully saturated rings. The second kappa shape index (κ2) is 5.15. The van der Waals surface area contributed by atoms with Crippen molar-refractivity contribution in [2.75, 3.05) is 19.7 Å². The summed E-state index contributed by atoms with van der Waals surface area (Å²) in [6.07, 6.45) is 1.98. The third kappa shape index (κ3) is 2.55. The highest BCUT2D eigenvalue weighted by molar-refractivity contribution is 5.79. The average molecular weight is 226 g/mol. The molecule has 2 aliphatic rings. The second-order valence-electron chi connectivity index (χ2n) is 5.06. The van der Waals surface area contributed by atoms with E-state index in [1.807, 2.05) is 6.92 Å². The molecule has 4 nitrogen and oxygen atoms in total. The van der Waals surface area contributed by atoms with Crippen LogP contribution in [0.3, 0.4) is 0 Å². The Hall–Kier alpha value is -0.610. The van der Waals surface area contributed by atoms with Crippen LogP contribution in [0.2, 0.25) is 0 Å². The molecule has 2 heterocycles. The Morgan fingerprint density at radius 2 is 2.19 bits per heavy atom. The van der Waals surface area contributed by atoms with E-state index < -0.39 is 0 Å². The predicted octanol–water partition coefficient (Wildman–Crippen LogP) is 0.526. The number of rotatable bonds is 2. The van der Waals surface area contributed by atoms with Crippen LogP contribution in [0.15, 0.2) is 0 Å². The van der Waals surface area contributed by atoms with Crippen LogP contribution in [0, 0.1) is 11.8 Å². The number of hydrogen-bond acceptors (Lipinski definition) is 3. The lowest BCUT2D eigenvalue weighted by molar-refractivity contribution is -0.127. The van der Waals surface area contributed by atoms with Crippen LogP contribution in [0.25, 0.3) is 0 Å².